The summed E-state index contributed by atoms with van der Waals surface area (Å²) in [5, 5.41) is 13.9. The number of fused-ring (bicyclic) bond motifs is 1. The van der Waals surface area contributed by atoms with Gasteiger partial charge in [0.1, 0.15) is 0 Å². The number of ether oxygens (including phenoxy) is 1. The molecule has 1 aromatic heterocycles. The average molecular weight is 195 g/mol. The molecule has 1 saturated carbocycles. The average Bonchev–Trinajstić information content (AvgIpc) is 2.62. The minimum atomic E-state index is 0.384. The lowest BCUT2D eigenvalue weighted by atomic mass is 10.1. The lowest BCUT2D eigenvalue weighted by molar-refractivity contribution is 0.148. The predicted octanol–water partition coefficient (Wildman–Crippen LogP) is -0.328. The van der Waals surface area contributed by atoms with E-state index < -0.39 is 0 Å². The fourth-order valence-electron chi connectivity index (χ4n) is 2.35. The molecular formula is C8H13N5O. The fourth-order valence-corrected chi connectivity index (χ4v) is 2.35. The normalized spacial score (nSPS) is 34.2. The molecule has 6 nitrogen and oxygen atoms in total. The van der Waals surface area contributed by atoms with Crippen LogP contribution in [-0.2, 0) is 4.74 Å². The molecule has 0 radical (unpaired) electrons. The highest BCUT2D eigenvalue weighted by atomic mass is 16.5. The zero-order valence-electron chi connectivity index (χ0n) is 8.10. The second-order valence-corrected chi connectivity index (χ2v) is 4.35. The van der Waals surface area contributed by atoms with Gasteiger partial charge >= 0.3 is 0 Å². The van der Waals surface area contributed by atoms with Gasteiger partial charge in [-0.3, -0.25) is 0 Å². The van der Waals surface area contributed by atoms with E-state index in [1.807, 2.05) is 11.9 Å². The zero-order chi connectivity index (χ0) is 9.60. The van der Waals surface area contributed by atoms with E-state index in [9.17, 15) is 0 Å². The summed E-state index contributed by atoms with van der Waals surface area (Å²) >= 11 is 0. The van der Waals surface area contributed by atoms with Gasteiger partial charge in [-0.05, 0) is 17.6 Å². The molecule has 1 aliphatic heterocycles. The summed E-state index contributed by atoms with van der Waals surface area (Å²) in [4.78, 5) is 2.04. The molecule has 2 aliphatic rings. The first-order valence-corrected chi connectivity index (χ1v) is 4.82. The van der Waals surface area contributed by atoms with Gasteiger partial charge in [-0.25, -0.2) is 0 Å². The SMILES string of the molecule is CN(CC12COCC1C2)c1nn[nH]n1. The molecule has 2 atom stereocenters. The van der Waals surface area contributed by atoms with Crippen molar-refractivity contribution in [3.8, 4) is 0 Å². The third-order valence-electron chi connectivity index (χ3n) is 3.30. The maximum atomic E-state index is 5.44. The van der Waals surface area contributed by atoms with E-state index in [1.165, 1.54) is 6.42 Å². The van der Waals surface area contributed by atoms with Crippen molar-refractivity contribution in [1.82, 2.24) is 20.6 Å². The summed E-state index contributed by atoms with van der Waals surface area (Å²) in [6, 6.07) is 0. The molecule has 6 heteroatoms. The first kappa shape index (κ1) is 8.16. The number of rotatable bonds is 3. The molecule has 0 amide bonds. The number of H-pyrrole nitrogens is 1. The maximum absolute atomic E-state index is 5.44. The standard InChI is InChI=1S/C8H13N5O/c1-13(7-9-11-12-10-7)4-8-2-6(8)3-14-5-8/h6H,2-5H2,1H3,(H,9,10,11,12). The van der Waals surface area contributed by atoms with Crippen LogP contribution < -0.4 is 4.90 Å². The first-order chi connectivity index (χ1) is 6.80. The Bertz CT molecular complexity index is 326. The third-order valence-corrected chi connectivity index (χ3v) is 3.30. The van der Waals surface area contributed by atoms with E-state index in [1.54, 1.807) is 0 Å². The first-order valence-electron chi connectivity index (χ1n) is 4.82. The number of nitrogens with zero attached hydrogens (tertiary/aromatic N) is 4. The van der Waals surface area contributed by atoms with Crippen molar-refractivity contribution in [2.45, 2.75) is 6.42 Å². The van der Waals surface area contributed by atoms with Gasteiger partial charge in [0.2, 0.25) is 0 Å². The number of hydrogen-bond donors (Lipinski definition) is 1. The van der Waals surface area contributed by atoms with Gasteiger partial charge in [-0.2, -0.15) is 5.21 Å². The lowest BCUT2D eigenvalue weighted by Crippen LogP contribution is -2.29. The summed E-state index contributed by atoms with van der Waals surface area (Å²) in [5.74, 6) is 1.42. The van der Waals surface area contributed by atoms with Crippen LogP contribution in [-0.4, -0.2) is 47.4 Å². The molecule has 0 bridgehead atoms. The molecule has 76 valence electrons. The number of aromatic nitrogens is 4. The van der Waals surface area contributed by atoms with Gasteiger partial charge in [-0.15, -0.1) is 5.10 Å². The molecule has 1 aliphatic carbocycles. The van der Waals surface area contributed by atoms with Crippen LogP contribution in [0.2, 0.25) is 0 Å². The quantitative estimate of drug-likeness (QED) is 0.715. The van der Waals surface area contributed by atoms with Crippen LogP contribution in [0, 0.1) is 11.3 Å². The minimum Gasteiger partial charge on any atom is -0.380 e. The van der Waals surface area contributed by atoms with Crippen molar-refractivity contribution in [2.24, 2.45) is 11.3 Å². The van der Waals surface area contributed by atoms with E-state index >= 15 is 0 Å². The molecule has 1 N–H and O–H groups in total. The van der Waals surface area contributed by atoms with Crippen molar-refractivity contribution >= 4 is 5.95 Å². The molecule has 14 heavy (non-hydrogen) atoms. The highest BCUT2D eigenvalue weighted by molar-refractivity contribution is 5.27. The van der Waals surface area contributed by atoms with Gasteiger partial charge in [0.05, 0.1) is 13.2 Å². The summed E-state index contributed by atoms with van der Waals surface area (Å²) in [6.07, 6.45) is 1.29. The van der Waals surface area contributed by atoms with Crippen LogP contribution >= 0.6 is 0 Å². The lowest BCUT2D eigenvalue weighted by Gasteiger charge is -2.19. The topological polar surface area (TPSA) is 66.9 Å². The number of aromatic amines is 1. The number of nitrogens with one attached hydrogen (secondary N) is 1. The van der Waals surface area contributed by atoms with E-state index in [0.29, 0.717) is 11.4 Å². The molecule has 0 aromatic carbocycles. The molecule has 2 fully saturated rings. The van der Waals surface area contributed by atoms with E-state index in [-0.39, 0.29) is 0 Å². The Morgan fingerprint density at radius 3 is 3.21 bits per heavy atom. The summed E-state index contributed by atoms with van der Waals surface area (Å²) in [5.41, 5.74) is 0.384. The number of hydrogen-bond acceptors (Lipinski definition) is 5. The summed E-state index contributed by atoms with van der Waals surface area (Å²) in [7, 11) is 1.99. The highest BCUT2D eigenvalue weighted by Crippen LogP contribution is 2.57. The van der Waals surface area contributed by atoms with Crippen molar-refractivity contribution in [2.75, 3.05) is 31.7 Å². The zero-order valence-corrected chi connectivity index (χ0v) is 8.10. The van der Waals surface area contributed by atoms with Crippen LogP contribution in [0.25, 0.3) is 0 Å². The van der Waals surface area contributed by atoms with Gasteiger partial charge in [0, 0.05) is 19.0 Å². The monoisotopic (exact) mass is 195 g/mol. The molecule has 1 aromatic rings. The van der Waals surface area contributed by atoms with E-state index in [2.05, 4.69) is 20.6 Å². The van der Waals surface area contributed by atoms with Gasteiger partial charge < -0.3 is 9.64 Å². The maximum Gasteiger partial charge on any atom is 0.265 e. The van der Waals surface area contributed by atoms with Crippen LogP contribution in [0.3, 0.4) is 0 Å². The van der Waals surface area contributed by atoms with Crippen LogP contribution in [0.15, 0.2) is 0 Å². The molecule has 2 unspecified atom stereocenters. The molecule has 3 rings (SSSR count). The second-order valence-electron chi connectivity index (χ2n) is 4.35. The summed E-state index contributed by atoms with van der Waals surface area (Å²) in [6.45, 7) is 2.79. The van der Waals surface area contributed by atoms with Gasteiger partial charge in [0.15, 0.2) is 0 Å². The van der Waals surface area contributed by atoms with Crippen molar-refractivity contribution in [3.05, 3.63) is 0 Å². The Morgan fingerprint density at radius 1 is 1.71 bits per heavy atom. The molecule has 2 heterocycles. The predicted molar refractivity (Wildman–Crippen MR) is 48.8 cm³/mol. The Morgan fingerprint density at radius 2 is 2.64 bits per heavy atom. The molecular weight excluding hydrogens is 182 g/mol. The summed E-state index contributed by atoms with van der Waals surface area (Å²) < 4.78 is 5.44. The number of anilines is 1. The third kappa shape index (κ3) is 1.10. The fraction of sp³-hybridized carbons (Fsp3) is 0.875. The van der Waals surface area contributed by atoms with Crippen molar-refractivity contribution in [1.29, 1.82) is 0 Å². The minimum absolute atomic E-state index is 0.384. The Hall–Kier alpha value is -1.17. The van der Waals surface area contributed by atoms with Crippen molar-refractivity contribution < 1.29 is 4.74 Å². The van der Waals surface area contributed by atoms with Crippen LogP contribution in [0.5, 0.6) is 0 Å². The second kappa shape index (κ2) is 2.66. The Kier molecular flexibility index (Phi) is 1.55. The van der Waals surface area contributed by atoms with Crippen molar-refractivity contribution in [3.63, 3.8) is 0 Å². The smallest absolute Gasteiger partial charge is 0.265 e. The van der Waals surface area contributed by atoms with Crippen LogP contribution in [0.1, 0.15) is 6.42 Å². The highest BCUT2D eigenvalue weighted by Gasteiger charge is 2.58. The Balaban J connectivity index is 1.68. The van der Waals surface area contributed by atoms with Gasteiger partial charge in [-0.1, -0.05) is 5.10 Å². The van der Waals surface area contributed by atoms with Gasteiger partial charge in [0.25, 0.3) is 5.95 Å². The van der Waals surface area contributed by atoms with E-state index in [4.69, 9.17) is 4.74 Å². The molecule has 1 saturated heterocycles. The Labute approximate surface area is 81.6 Å². The largest absolute Gasteiger partial charge is 0.380 e. The number of tetrazole rings is 1. The van der Waals surface area contributed by atoms with Crippen LogP contribution in [0.4, 0.5) is 5.95 Å². The molecule has 0 spiro atoms. The van der Waals surface area contributed by atoms with E-state index in [0.717, 1.165) is 25.7 Å².